The van der Waals surface area contributed by atoms with Gasteiger partial charge in [0.25, 0.3) is 5.91 Å². The number of likely N-dealkylation sites (tertiary alicyclic amines) is 1. The van der Waals surface area contributed by atoms with Gasteiger partial charge in [-0.15, -0.1) is 0 Å². The van der Waals surface area contributed by atoms with Gasteiger partial charge in [-0.2, -0.15) is 0 Å². The molecule has 2 unspecified atom stereocenters. The van der Waals surface area contributed by atoms with E-state index < -0.39 is 24.9 Å². The predicted molar refractivity (Wildman–Crippen MR) is 160 cm³/mol. The molecule has 0 saturated carbocycles. The second-order valence-corrected chi connectivity index (χ2v) is 14.5. The SMILES string of the molecule is CC(C)(C)OC(=O)C(c1ccccc1)N1CCC([P+](c2ccccc2)(c2ccccc2)c2ccccc2)C1=O.[Br-]. The third-order valence-electron chi connectivity index (χ3n) is 7.23. The maximum atomic E-state index is 14.7. The fraction of sp³-hybridized carbons (Fsp3) is 0.235. The van der Waals surface area contributed by atoms with E-state index in [1.54, 1.807) is 4.90 Å². The van der Waals surface area contributed by atoms with Crippen molar-refractivity contribution in [1.82, 2.24) is 4.90 Å². The minimum absolute atomic E-state index is 0. The van der Waals surface area contributed by atoms with Crippen molar-refractivity contribution in [3.8, 4) is 0 Å². The number of carbonyl (C=O) groups is 2. The molecule has 1 saturated heterocycles. The Bertz CT molecular complexity index is 1310. The van der Waals surface area contributed by atoms with Gasteiger partial charge in [0.2, 0.25) is 0 Å². The number of rotatable bonds is 7. The smallest absolute Gasteiger partial charge is 0.334 e. The summed E-state index contributed by atoms with van der Waals surface area (Å²) in [4.78, 5) is 30.1. The first-order chi connectivity index (χ1) is 18.8. The molecule has 0 N–H and O–H groups in total. The molecule has 1 heterocycles. The Labute approximate surface area is 248 Å². The van der Waals surface area contributed by atoms with Crippen molar-refractivity contribution >= 4 is 35.1 Å². The Morgan fingerprint density at radius 2 is 1.15 bits per heavy atom. The van der Waals surface area contributed by atoms with Crippen molar-refractivity contribution in [2.45, 2.75) is 44.5 Å². The zero-order valence-electron chi connectivity index (χ0n) is 23.1. The number of amides is 1. The lowest BCUT2D eigenvalue weighted by atomic mass is 10.1. The van der Waals surface area contributed by atoms with Crippen LogP contribution in [0.2, 0.25) is 0 Å². The van der Waals surface area contributed by atoms with E-state index in [-0.39, 0.29) is 28.5 Å². The number of nitrogens with zero attached hydrogens (tertiary/aromatic N) is 1. The predicted octanol–water partition coefficient (Wildman–Crippen LogP) is 2.67. The highest BCUT2D eigenvalue weighted by atomic mass is 79.9. The van der Waals surface area contributed by atoms with Crippen LogP contribution in [0.15, 0.2) is 121 Å². The summed E-state index contributed by atoms with van der Waals surface area (Å²) < 4.78 is 5.87. The maximum absolute atomic E-state index is 14.7. The number of hydrogen-bond acceptors (Lipinski definition) is 3. The summed E-state index contributed by atoms with van der Waals surface area (Å²) in [6, 6.07) is 40.1. The van der Waals surface area contributed by atoms with Gasteiger partial charge >= 0.3 is 5.97 Å². The van der Waals surface area contributed by atoms with Crippen molar-refractivity contribution in [2.75, 3.05) is 6.54 Å². The van der Waals surface area contributed by atoms with Crippen LogP contribution in [0.4, 0.5) is 0 Å². The monoisotopic (exact) mass is 615 g/mol. The lowest BCUT2D eigenvalue weighted by Gasteiger charge is -2.33. The zero-order valence-corrected chi connectivity index (χ0v) is 25.6. The largest absolute Gasteiger partial charge is 1.00 e. The average molecular weight is 617 g/mol. The maximum Gasteiger partial charge on any atom is 0.334 e. The molecule has 6 heteroatoms. The van der Waals surface area contributed by atoms with Gasteiger partial charge in [-0.25, -0.2) is 4.79 Å². The Kier molecular flexibility index (Phi) is 9.28. The van der Waals surface area contributed by atoms with Gasteiger partial charge in [0.15, 0.2) is 11.7 Å². The summed E-state index contributed by atoms with van der Waals surface area (Å²) >= 11 is 0. The lowest BCUT2D eigenvalue weighted by Crippen LogP contribution is -3.00. The Morgan fingerprint density at radius 1 is 0.750 bits per heavy atom. The van der Waals surface area contributed by atoms with Gasteiger partial charge in [0, 0.05) is 13.0 Å². The average Bonchev–Trinajstić information content (AvgIpc) is 3.31. The summed E-state index contributed by atoms with van der Waals surface area (Å²) in [6.45, 7) is 6.06. The quantitative estimate of drug-likeness (QED) is 0.237. The number of benzene rings is 4. The highest BCUT2D eigenvalue weighted by molar-refractivity contribution is 7.96. The first-order valence-corrected chi connectivity index (χ1v) is 15.3. The van der Waals surface area contributed by atoms with Crippen LogP contribution < -0.4 is 32.9 Å². The topological polar surface area (TPSA) is 46.6 Å². The second-order valence-electron chi connectivity index (χ2n) is 10.9. The molecule has 5 rings (SSSR count). The first kappa shape index (κ1) is 29.7. The molecule has 0 spiro atoms. The second kappa shape index (κ2) is 12.5. The van der Waals surface area contributed by atoms with Gasteiger partial charge in [-0.05, 0) is 62.7 Å². The van der Waals surface area contributed by atoms with Crippen molar-refractivity contribution in [3.63, 3.8) is 0 Å². The van der Waals surface area contributed by atoms with E-state index >= 15 is 0 Å². The van der Waals surface area contributed by atoms with Crippen molar-refractivity contribution in [1.29, 1.82) is 0 Å². The number of halogens is 1. The molecule has 2 atom stereocenters. The third-order valence-corrected chi connectivity index (χ3v) is 12.0. The van der Waals surface area contributed by atoms with Crippen LogP contribution in [0, 0.1) is 0 Å². The summed E-state index contributed by atoms with van der Waals surface area (Å²) in [5.74, 6) is -0.398. The van der Waals surface area contributed by atoms with Crippen molar-refractivity contribution < 1.29 is 31.3 Å². The van der Waals surface area contributed by atoms with E-state index in [1.807, 2.05) is 69.3 Å². The Morgan fingerprint density at radius 3 is 1.55 bits per heavy atom. The third kappa shape index (κ3) is 5.77. The van der Waals surface area contributed by atoms with Crippen molar-refractivity contribution in [3.05, 3.63) is 127 Å². The van der Waals surface area contributed by atoms with Gasteiger partial charge in [-0.1, -0.05) is 84.9 Å². The van der Waals surface area contributed by atoms with Gasteiger partial charge < -0.3 is 26.6 Å². The van der Waals surface area contributed by atoms with E-state index in [2.05, 4.69) is 72.8 Å². The van der Waals surface area contributed by atoms with E-state index in [1.165, 1.54) is 0 Å². The van der Waals surface area contributed by atoms with Gasteiger partial charge in [0.1, 0.15) is 28.8 Å². The molecule has 1 aliphatic heterocycles. The molecule has 4 aromatic rings. The van der Waals surface area contributed by atoms with Crippen LogP contribution in [-0.2, 0) is 14.3 Å². The number of carbonyl (C=O) groups excluding carboxylic acids is 2. The summed E-state index contributed by atoms with van der Waals surface area (Å²) in [5.41, 5.74) is -0.205. The van der Waals surface area contributed by atoms with E-state index in [0.717, 1.165) is 21.5 Å². The van der Waals surface area contributed by atoms with Crippen molar-refractivity contribution in [2.24, 2.45) is 0 Å². The van der Waals surface area contributed by atoms with Crippen LogP contribution in [-0.4, -0.2) is 34.6 Å². The van der Waals surface area contributed by atoms with Crippen LogP contribution in [0.25, 0.3) is 0 Å². The van der Waals surface area contributed by atoms with E-state index in [9.17, 15) is 9.59 Å². The van der Waals surface area contributed by atoms with E-state index in [0.29, 0.717) is 13.0 Å². The molecule has 0 bridgehead atoms. The Balaban J connectivity index is 0.00000370. The van der Waals surface area contributed by atoms with Gasteiger partial charge in [0.05, 0.1) is 0 Å². The molecule has 1 aliphatic rings. The molecule has 1 fully saturated rings. The summed E-state index contributed by atoms with van der Waals surface area (Å²) in [6.07, 6.45) is 0.650. The fourth-order valence-electron chi connectivity index (χ4n) is 5.71. The minimum Gasteiger partial charge on any atom is -1.00 e. The van der Waals surface area contributed by atoms with Crippen LogP contribution >= 0.6 is 7.26 Å². The van der Waals surface area contributed by atoms with Crippen LogP contribution in [0.3, 0.4) is 0 Å². The molecule has 206 valence electrons. The normalized spacial score (nSPS) is 16.2. The molecule has 0 aromatic heterocycles. The molecule has 40 heavy (non-hydrogen) atoms. The van der Waals surface area contributed by atoms with Crippen LogP contribution in [0.5, 0.6) is 0 Å². The van der Waals surface area contributed by atoms with Crippen LogP contribution in [0.1, 0.15) is 38.8 Å². The fourth-order valence-corrected chi connectivity index (χ4v) is 10.6. The first-order valence-electron chi connectivity index (χ1n) is 13.5. The summed E-state index contributed by atoms with van der Waals surface area (Å²) in [7, 11) is -2.44. The highest BCUT2D eigenvalue weighted by Crippen LogP contribution is 2.62. The molecule has 1 amide bonds. The molecule has 0 aliphatic carbocycles. The number of ether oxygens (including phenoxy) is 1. The number of esters is 1. The molecule has 0 radical (unpaired) electrons. The molecular weight excluding hydrogens is 581 g/mol. The summed E-state index contributed by atoms with van der Waals surface area (Å²) in [5, 5.41) is 3.49. The highest BCUT2D eigenvalue weighted by Gasteiger charge is 2.60. The lowest BCUT2D eigenvalue weighted by molar-refractivity contribution is -0.164. The zero-order chi connectivity index (χ0) is 27.5. The minimum atomic E-state index is -2.44. The standard InChI is InChI=1S/C34H35NO3P.BrH/c1-34(2,3)38-33(37)31(26-16-8-4-9-17-26)35-25-24-30(32(35)36)39(27-18-10-5-11-19-27,28-20-12-6-13-21-28)29-22-14-7-15-23-29;/h4-23,30-31H,24-25H2,1-3H3;1H/q+1;/p-1. The number of hydrogen-bond donors (Lipinski definition) is 0. The molecule has 4 nitrogen and oxygen atoms in total. The molecule has 4 aromatic carbocycles. The van der Waals surface area contributed by atoms with E-state index in [4.69, 9.17) is 4.74 Å². The molecular formula is C34H35BrNO3P. The Hall–Kier alpha value is -3.27. The van der Waals surface area contributed by atoms with Gasteiger partial charge in [-0.3, -0.25) is 4.79 Å².